The highest BCUT2D eigenvalue weighted by molar-refractivity contribution is 5.99. The minimum Gasteiger partial charge on any atom is -0.467 e. The second-order valence-electron chi connectivity index (χ2n) is 6.25. The maximum Gasteiger partial charge on any atom is 0.336 e. The Morgan fingerprint density at radius 3 is 2.25 bits per heavy atom. The van der Waals surface area contributed by atoms with Gasteiger partial charge in [0.15, 0.2) is 5.54 Å². The molecule has 0 radical (unpaired) electrons. The average Bonchev–Trinajstić information content (AvgIpc) is 2.75. The van der Waals surface area contributed by atoms with Gasteiger partial charge in [0.05, 0.1) is 7.11 Å². The number of hydrogen-bond acceptors (Lipinski definition) is 3. The first-order chi connectivity index (χ1) is 13.6. The smallest absolute Gasteiger partial charge is 0.336 e. The van der Waals surface area contributed by atoms with Gasteiger partial charge in [0, 0.05) is 18.5 Å². The fourth-order valence-corrected chi connectivity index (χ4v) is 3.06. The summed E-state index contributed by atoms with van der Waals surface area (Å²) in [6, 6.07) is 18.4. The standard InChI is InChI=1S/C24H25NO3/c1-4-6-17-24(23(27)28-3,19-20-13-9-7-10-14-20)25(18-5-2)22(26)21-15-11-8-12-16-21/h4-5,7-17H,2,18-19H2,1,3H3. The van der Waals surface area contributed by atoms with Crippen molar-refractivity contribution in [2.45, 2.75) is 18.9 Å². The van der Waals surface area contributed by atoms with Gasteiger partial charge in [-0.05, 0) is 36.8 Å². The lowest BCUT2D eigenvalue weighted by Gasteiger charge is -2.39. The van der Waals surface area contributed by atoms with E-state index in [9.17, 15) is 9.59 Å². The number of methoxy groups -OCH3 is 1. The van der Waals surface area contributed by atoms with Crippen LogP contribution in [0.25, 0.3) is 0 Å². The Hall–Kier alpha value is -3.36. The largest absolute Gasteiger partial charge is 0.467 e. The van der Waals surface area contributed by atoms with Gasteiger partial charge in [0.25, 0.3) is 5.91 Å². The maximum absolute atomic E-state index is 13.4. The molecule has 0 saturated carbocycles. The molecule has 4 nitrogen and oxygen atoms in total. The van der Waals surface area contributed by atoms with E-state index in [0.29, 0.717) is 5.56 Å². The average molecular weight is 375 g/mol. The fraction of sp³-hybridized carbons (Fsp3) is 0.208. The van der Waals surface area contributed by atoms with Crippen molar-refractivity contribution >= 4 is 11.9 Å². The molecule has 0 N–H and O–H groups in total. The summed E-state index contributed by atoms with van der Waals surface area (Å²) in [7, 11) is 1.32. The van der Waals surface area contributed by atoms with E-state index in [4.69, 9.17) is 4.74 Å². The third kappa shape index (κ3) is 4.67. The van der Waals surface area contributed by atoms with E-state index in [-0.39, 0.29) is 18.9 Å². The number of benzene rings is 2. The van der Waals surface area contributed by atoms with Gasteiger partial charge < -0.3 is 9.64 Å². The molecule has 1 unspecified atom stereocenters. The molecule has 0 saturated heterocycles. The fourth-order valence-electron chi connectivity index (χ4n) is 3.06. The van der Waals surface area contributed by atoms with Gasteiger partial charge in [-0.2, -0.15) is 0 Å². The first kappa shape index (κ1) is 20.9. The van der Waals surface area contributed by atoms with Crippen LogP contribution in [-0.4, -0.2) is 36.0 Å². The number of amides is 1. The van der Waals surface area contributed by atoms with Crippen LogP contribution in [0.5, 0.6) is 0 Å². The van der Waals surface area contributed by atoms with Gasteiger partial charge in [0.2, 0.25) is 0 Å². The molecule has 1 atom stereocenters. The zero-order valence-corrected chi connectivity index (χ0v) is 16.3. The van der Waals surface area contributed by atoms with Crippen LogP contribution >= 0.6 is 0 Å². The molecular formula is C24H25NO3. The molecule has 2 aromatic rings. The van der Waals surface area contributed by atoms with Crippen LogP contribution in [0, 0.1) is 0 Å². The molecular weight excluding hydrogens is 350 g/mol. The van der Waals surface area contributed by atoms with Gasteiger partial charge in [-0.1, -0.05) is 54.6 Å². The molecule has 0 spiro atoms. The van der Waals surface area contributed by atoms with E-state index >= 15 is 0 Å². The SMILES string of the molecule is C=CCN(C(=O)c1ccccc1)C(C=C=CC)(Cc1ccccc1)C(=O)OC. The summed E-state index contributed by atoms with van der Waals surface area (Å²) < 4.78 is 5.15. The summed E-state index contributed by atoms with van der Waals surface area (Å²) >= 11 is 0. The van der Waals surface area contributed by atoms with Gasteiger partial charge in [-0.25, -0.2) is 4.79 Å². The van der Waals surface area contributed by atoms with Crippen molar-refractivity contribution in [3.63, 3.8) is 0 Å². The summed E-state index contributed by atoms with van der Waals surface area (Å²) in [5.41, 5.74) is 3.02. The number of carbonyl (C=O) groups is 2. The number of rotatable bonds is 8. The summed E-state index contributed by atoms with van der Waals surface area (Å²) in [6.45, 7) is 5.76. The third-order valence-electron chi connectivity index (χ3n) is 4.40. The third-order valence-corrected chi connectivity index (χ3v) is 4.40. The normalized spacial score (nSPS) is 12.1. The van der Waals surface area contributed by atoms with Crippen molar-refractivity contribution in [3.05, 3.63) is 102 Å². The highest BCUT2D eigenvalue weighted by Crippen LogP contribution is 2.27. The van der Waals surface area contributed by atoms with Gasteiger partial charge in [0.1, 0.15) is 0 Å². The second kappa shape index (κ2) is 10.1. The topological polar surface area (TPSA) is 46.6 Å². The number of esters is 1. The van der Waals surface area contributed by atoms with E-state index in [1.807, 2.05) is 36.4 Å². The summed E-state index contributed by atoms with van der Waals surface area (Å²) in [5.74, 6) is -0.812. The van der Waals surface area contributed by atoms with Crippen LogP contribution in [0.3, 0.4) is 0 Å². The molecule has 2 aromatic carbocycles. The highest BCUT2D eigenvalue weighted by atomic mass is 16.5. The van der Waals surface area contributed by atoms with Crippen molar-refractivity contribution in [2.24, 2.45) is 0 Å². The zero-order valence-electron chi connectivity index (χ0n) is 16.3. The quantitative estimate of drug-likeness (QED) is 0.395. The van der Waals surface area contributed by atoms with Crippen molar-refractivity contribution in [2.75, 3.05) is 13.7 Å². The van der Waals surface area contributed by atoms with E-state index in [1.165, 1.54) is 12.0 Å². The minimum absolute atomic E-state index is 0.178. The molecule has 0 aliphatic rings. The molecule has 144 valence electrons. The van der Waals surface area contributed by atoms with Crippen molar-refractivity contribution < 1.29 is 14.3 Å². The Morgan fingerprint density at radius 1 is 1.11 bits per heavy atom. The minimum atomic E-state index is -1.36. The Labute approximate surface area is 166 Å². The maximum atomic E-state index is 13.4. The molecule has 4 heteroatoms. The number of carbonyl (C=O) groups excluding carboxylic acids is 2. The Balaban J connectivity index is 2.66. The van der Waals surface area contributed by atoms with E-state index < -0.39 is 11.5 Å². The number of ether oxygens (including phenoxy) is 1. The zero-order chi connectivity index (χ0) is 20.4. The lowest BCUT2D eigenvalue weighted by molar-refractivity contribution is -0.150. The molecule has 0 bridgehead atoms. The lowest BCUT2D eigenvalue weighted by atomic mass is 9.87. The predicted octanol–water partition coefficient (Wildman–Crippen LogP) is 4.20. The predicted molar refractivity (Wildman–Crippen MR) is 111 cm³/mol. The molecule has 28 heavy (non-hydrogen) atoms. The molecule has 0 aromatic heterocycles. The van der Waals surface area contributed by atoms with Crippen LogP contribution in [0.2, 0.25) is 0 Å². The van der Waals surface area contributed by atoms with Crippen LogP contribution in [0.15, 0.2) is 91.2 Å². The van der Waals surface area contributed by atoms with Crippen LogP contribution in [0.4, 0.5) is 0 Å². The first-order valence-electron chi connectivity index (χ1n) is 9.07. The van der Waals surface area contributed by atoms with Crippen LogP contribution < -0.4 is 0 Å². The van der Waals surface area contributed by atoms with Crippen molar-refractivity contribution in [1.82, 2.24) is 4.90 Å². The van der Waals surface area contributed by atoms with Crippen LogP contribution in [-0.2, 0) is 16.0 Å². The van der Waals surface area contributed by atoms with Gasteiger partial charge in [-0.3, -0.25) is 4.79 Å². The van der Waals surface area contributed by atoms with Crippen molar-refractivity contribution in [1.29, 1.82) is 0 Å². The summed E-state index contributed by atoms with van der Waals surface area (Å²) in [5, 5.41) is 0. The molecule has 0 heterocycles. The van der Waals surface area contributed by atoms with E-state index in [2.05, 4.69) is 12.3 Å². The number of nitrogens with zero attached hydrogens (tertiary/aromatic N) is 1. The Kier molecular flexibility index (Phi) is 7.55. The summed E-state index contributed by atoms with van der Waals surface area (Å²) in [6.07, 6.45) is 5.17. The lowest BCUT2D eigenvalue weighted by Crippen LogP contribution is -2.58. The van der Waals surface area contributed by atoms with E-state index in [1.54, 1.807) is 49.4 Å². The Bertz CT molecular complexity index is 863. The molecule has 1 amide bonds. The van der Waals surface area contributed by atoms with Gasteiger partial charge >= 0.3 is 5.97 Å². The Morgan fingerprint density at radius 2 is 1.71 bits per heavy atom. The van der Waals surface area contributed by atoms with E-state index in [0.717, 1.165) is 5.56 Å². The molecule has 0 aliphatic heterocycles. The van der Waals surface area contributed by atoms with Crippen molar-refractivity contribution in [3.8, 4) is 0 Å². The second-order valence-corrected chi connectivity index (χ2v) is 6.25. The molecule has 0 aliphatic carbocycles. The van der Waals surface area contributed by atoms with Crippen LogP contribution in [0.1, 0.15) is 22.8 Å². The number of hydrogen-bond donors (Lipinski definition) is 0. The highest BCUT2D eigenvalue weighted by Gasteiger charge is 2.45. The molecule has 2 rings (SSSR count). The molecule has 0 fully saturated rings. The van der Waals surface area contributed by atoms with Gasteiger partial charge in [-0.15, -0.1) is 12.3 Å². The summed E-state index contributed by atoms with van der Waals surface area (Å²) in [4.78, 5) is 27.9. The monoisotopic (exact) mass is 375 g/mol. The first-order valence-corrected chi connectivity index (χ1v) is 9.07.